The second kappa shape index (κ2) is 12.7. The van der Waals surface area contributed by atoms with Gasteiger partial charge < -0.3 is 14.7 Å². The number of aromatic nitrogens is 5. The van der Waals surface area contributed by atoms with E-state index in [9.17, 15) is 0 Å². The maximum absolute atomic E-state index is 5.60. The summed E-state index contributed by atoms with van der Waals surface area (Å²) in [5, 5.41) is 12.4. The molecule has 0 aliphatic carbocycles. The molecule has 40 heavy (non-hydrogen) atoms. The van der Waals surface area contributed by atoms with Crippen LogP contribution in [0.25, 0.3) is 23.0 Å². The first kappa shape index (κ1) is 28.0. The zero-order chi connectivity index (χ0) is 28.1. The van der Waals surface area contributed by atoms with E-state index < -0.39 is 0 Å². The average molecular weight is 543 g/mol. The molecule has 4 heterocycles. The van der Waals surface area contributed by atoms with Crippen LogP contribution in [0.1, 0.15) is 57.4 Å². The molecule has 0 radical (unpaired) electrons. The van der Waals surface area contributed by atoms with Gasteiger partial charge in [0.25, 0.3) is 5.89 Å². The first-order valence-electron chi connectivity index (χ1n) is 14.5. The molecule has 5 rings (SSSR count). The van der Waals surface area contributed by atoms with Crippen molar-refractivity contribution >= 4 is 5.82 Å². The van der Waals surface area contributed by atoms with Gasteiger partial charge in [-0.15, -0.1) is 0 Å². The maximum Gasteiger partial charge on any atom is 0.278 e. The van der Waals surface area contributed by atoms with Crippen molar-refractivity contribution in [1.82, 2.24) is 34.7 Å². The lowest BCUT2D eigenvalue weighted by molar-refractivity contribution is 0.166. The van der Waals surface area contributed by atoms with Crippen LogP contribution in [0.2, 0.25) is 0 Å². The van der Waals surface area contributed by atoms with Gasteiger partial charge >= 0.3 is 0 Å². The molecule has 9 nitrogen and oxygen atoms in total. The van der Waals surface area contributed by atoms with Gasteiger partial charge in [-0.05, 0) is 83.8 Å². The fourth-order valence-electron chi connectivity index (χ4n) is 5.29. The van der Waals surface area contributed by atoms with E-state index in [0.717, 1.165) is 42.3 Å². The summed E-state index contributed by atoms with van der Waals surface area (Å²) in [6.45, 7) is 16.9. The number of aryl methyl sites for hydroxylation is 1. The van der Waals surface area contributed by atoms with Gasteiger partial charge in [-0.3, -0.25) is 9.58 Å². The van der Waals surface area contributed by atoms with Crippen LogP contribution < -0.4 is 5.32 Å². The summed E-state index contributed by atoms with van der Waals surface area (Å²) in [7, 11) is 0. The molecule has 212 valence electrons. The Bertz CT molecular complexity index is 1340. The van der Waals surface area contributed by atoms with Crippen LogP contribution in [-0.4, -0.2) is 73.0 Å². The van der Waals surface area contributed by atoms with Crippen LogP contribution in [0.15, 0.2) is 53.2 Å². The molecule has 3 aromatic heterocycles. The van der Waals surface area contributed by atoms with E-state index in [1.807, 2.05) is 29.9 Å². The highest BCUT2D eigenvalue weighted by Crippen LogP contribution is 2.23. The zero-order valence-corrected chi connectivity index (χ0v) is 24.5. The minimum Gasteiger partial charge on any atom is -0.369 e. The topological polar surface area (TPSA) is 88.1 Å². The Morgan fingerprint density at radius 3 is 2.38 bits per heavy atom. The normalized spacial score (nSPS) is 14.2. The molecule has 1 aliphatic rings. The van der Waals surface area contributed by atoms with E-state index in [4.69, 9.17) is 9.62 Å². The highest BCUT2D eigenvalue weighted by molar-refractivity contribution is 5.58. The SMILES string of the molecule is Cc1cc(-c2nc(-c3ccc(CN(C(C)C)C(C)C)cc3)no2)nn1Cc1ccc(NCCN2CCCC2)nc1. The van der Waals surface area contributed by atoms with Crippen LogP contribution in [0, 0.1) is 6.92 Å². The Morgan fingerprint density at radius 1 is 0.975 bits per heavy atom. The van der Waals surface area contributed by atoms with Gasteiger partial charge in [0.05, 0.1) is 6.54 Å². The summed E-state index contributed by atoms with van der Waals surface area (Å²) in [4.78, 5) is 14.2. The fraction of sp³-hybridized carbons (Fsp3) is 0.484. The van der Waals surface area contributed by atoms with Gasteiger partial charge in [-0.2, -0.15) is 10.1 Å². The highest BCUT2D eigenvalue weighted by atomic mass is 16.5. The number of pyridine rings is 1. The van der Waals surface area contributed by atoms with Gasteiger partial charge in [0.2, 0.25) is 5.82 Å². The molecule has 1 saturated heterocycles. The predicted molar refractivity (Wildman–Crippen MR) is 159 cm³/mol. The fourth-order valence-corrected chi connectivity index (χ4v) is 5.29. The van der Waals surface area contributed by atoms with Crippen molar-refractivity contribution in [3.63, 3.8) is 0 Å². The number of likely N-dealkylation sites (tertiary alicyclic amines) is 1. The number of benzene rings is 1. The molecular weight excluding hydrogens is 500 g/mol. The molecule has 0 amide bonds. The van der Waals surface area contributed by atoms with E-state index in [0.29, 0.717) is 36.0 Å². The number of nitrogens with one attached hydrogen (secondary N) is 1. The van der Waals surface area contributed by atoms with Crippen molar-refractivity contribution < 1.29 is 4.52 Å². The number of anilines is 1. The van der Waals surface area contributed by atoms with E-state index in [-0.39, 0.29) is 0 Å². The summed E-state index contributed by atoms with van der Waals surface area (Å²) < 4.78 is 7.55. The van der Waals surface area contributed by atoms with Crippen LogP contribution >= 0.6 is 0 Å². The summed E-state index contributed by atoms with van der Waals surface area (Å²) >= 11 is 0. The summed E-state index contributed by atoms with van der Waals surface area (Å²) in [5.74, 6) is 1.89. The van der Waals surface area contributed by atoms with Crippen molar-refractivity contribution in [3.8, 4) is 23.0 Å². The highest BCUT2D eigenvalue weighted by Gasteiger charge is 2.17. The Balaban J connectivity index is 1.19. The molecule has 9 heteroatoms. The molecule has 0 atom stereocenters. The van der Waals surface area contributed by atoms with Crippen molar-refractivity contribution in [2.24, 2.45) is 0 Å². The van der Waals surface area contributed by atoms with Crippen molar-refractivity contribution in [3.05, 3.63) is 65.5 Å². The summed E-state index contributed by atoms with van der Waals surface area (Å²) in [5.41, 5.74) is 4.97. The molecule has 1 N–H and O–H groups in total. The van der Waals surface area contributed by atoms with E-state index in [1.54, 1.807) is 0 Å². The van der Waals surface area contributed by atoms with E-state index in [2.05, 4.69) is 88.3 Å². The number of rotatable bonds is 12. The largest absolute Gasteiger partial charge is 0.369 e. The lowest BCUT2D eigenvalue weighted by Gasteiger charge is -2.30. The monoisotopic (exact) mass is 542 g/mol. The van der Waals surface area contributed by atoms with Gasteiger partial charge in [0.15, 0.2) is 5.69 Å². The molecule has 0 bridgehead atoms. The molecule has 0 spiro atoms. The molecule has 1 aliphatic heterocycles. The van der Waals surface area contributed by atoms with Crippen molar-refractivity contribution in [2.75, 3.05) is 31.5 Å². The third kappa shape index (κ3) is 6.95. The van der Waals surface area contributed by atoms with Crippen LogP contribution in [0.4, 0.5) is 5.82 Å². The molecule has 4 aromatic rings. The van der Waals surface area contributed by atoms with E-state index in [1.165, 1.54) is 31.5 Å². The Hall–Kier alpha value is -3.56. The van der Waals surface area contributed by atoms with Gasteiger partial charge in [-0.1, -0.05) is 35.5 Å². The smallest absolute Gasteiger partial charge is 0.278 e. The van der Waals surface area contributed by atoms with E-state index >= 15 is 0 Å². The maximum atomic E-state index is 5.60. The van der Waals surface area contributed by atoms with Crippen molar-refractivity contribution in [1.29, 1.82) is 0 Å². The first-order valence-corrected chi connectivity index (χ1v) is 14.5. The number of hydrogen-bond donors (Lipinski definition) is 1. The number of nitrogens with zero attached hydrogens (tertiary/aromatic N) is 7. The Labute approximate surface area is 237 Å². The Morgan fingerprint density at radius 2 is 1.70 bits per heavy atom. The predicted octanol–water partition coefficient (Wildman–Crippen LogP) is 5.48. The molecule has 1 aromatic carbocycles. The summed E-state index contributed by atoms with van der Waals surface area (Å²) in [6, 6.07) is 15.5. The third-order valence-electron chi connectivity index (χ3n) is 7.62. The minimum atomic E-state index is 0.419. The van der Waals surface area contributed by atoms with Crippen molar-refractivity contribution in [2.45, 2.75) is 72.6 Å². The van der Waals surface area contributed by atoms with Crippen LogP contribution in [-0.2, 0) is 13.1 Å². The minimum absolute atomic E-state index is 0.419. The number of hydrogen-bond acceptors (Lipinski definition) is 8. The summed E-state index contributed by atoms with van der Waals surface area (Å²) in [6.07, 6.45) is 4.55. The first-order chi connectivity index (χ1) is 19.4. The van der Waals surface area contributed by atoms with Gasteiger partial charge in [-0.25, -0.2) is 4.98 Å². The Kier molecular flexibility index (Phi) is 8.91. The molecular formula is C31H42N8O. The molecule has 1 fully saturated rings. The second-order valence-corrected chi connectivity index (χ2v) is 11.3. The van der Waals surface area contributed by atoms with Gasteiger partial charge in [0.1, 0.15) is 5.82 Å². The molecule has 0 unspecified atom stereocenters. The lowest BCUT2D eigenvalue weighted by atomic mass is 10.1. The van der Waals surface area contributed by atoms with Crippen LogP contribution in [0.3, 0.4) is 0 Å². The zero-order valence-electron chi connectivity index (χ0n) is 24.5. The second-order valence-electron chi connectivity index (χ2n) is 11.3. The average Bonchev–Trinajstić information content (AvgIpc) is 3.71. The van der Waals surface area contributed by atoms with Gasteiger partial charge in [0, 0.05) is 49.2 Å². The standard InChI is InChI=1S/C31H42N8O/c1-22(2)38(23(3)4)20-25-8-11-27(12-9-25)30-34-31(40-36-30)28-18-24(5)39(35-28)21-26-10-13-29(33-19-26)32-14-17-37-15-6-7-16-37/h8-13,18-19,22-23H,6-7,14-17,20-21H2,1-5H3,(H,32,33). The van der Waals surface area contributed by atoms with Crippen LogP contribution in [0.5, 0.6) is 0 Å². The third-order valence-corrected chi connectivity index (χ3v) is 7.62. The molecule has 0 saturated carbocycles. The quantitative estimate of drug-likeness (QED) is 0.252. The lowest BCUT2D eigenvalue weighted by Crippen LogP contribution is -2.36.